The molecule has 3 nitrogen and oxygen atoms in total. The molecule has 1 aliphatic rings. The predicted octanol–water partition coefficient (Wildman–Crippen LogP) is 3.91. The van der Waals surface area contributed by atoms with E-state index in [9.17, 15) is 0 Å². The summed E-state index contributed by atoms with van der Waals surface area (Å²) in [6, 6.07) is 0. The van der Waals surface area contributed by atoms with Gasteiger partial charge in [0.25, 0.3) is 0 Å². The summed E-state index contributed by atoms with van der Waals surface area (Å²) < 4.78 is 2.00. The Bertz CT molecular complexity index is 503. The van der Waals surface area contributed by atoms with Crippen LogP contribution < -0.4 is 0 Å². The highest BCUT2D eigenvalue weighted by atomic mass is 35.5. The van der Waals surface area contributed by atoms with Crippen LogP contribution in [0.3, 0.4) is 0 Å². The predicted molar refractivity (Wildman–Crippen MR) is 86.4 cm³/mol. The van der Waals surface area contributed by atoms with Crippen LogP contribution in [0.2, 0.25) is 5.02 Å². The van der Waals surface area contributed by atoms with Gasteiger partial charge in [0.05, 0.1) is 28.8 Å². The normalized spacial score (nSPS) is 22.1. The summed E-state index contributed by atoms with van der Waals surface area (Å²) in [5.74, 6) is 0. The lowest BCUT2D eigenvalue weighted by Gasteiger charge is -2.32. The molecular weight excluding hydrogens is 293 g/mol. The summed E-state index contributed by atoms with van der Waals surface area (Å²) >= 11 is 12.7. The zero-order chi connectivity index (χ0) is 14.9. The van der Waals surface area contributed by atoms with Gasteiger partial charge in [-0.1, -0.05) is 31.5 Å². The fraction of sp³-hybridized carbons (Fsp3) is 0.667. The van der Waals surface area contributed by atoms with E-state index in [0.717, 1.165) is 36.6 Å². The van der Waals surface area contributed by atoms with Crippen molar-refractivity contribution in [3.63, 3.8) is 0 Å². The molecule has 0 saturated carbocycles. The average Bonchev–Trinajstić information content (AvgIpc) is 2.65. The second-order valence-electron chi connectivity index (χ2n) is 6.62. The Morgan fingerprint density at radius 2 is 2.15 bits per heavy atom. The third kappa shape index (κ3) is 3.78. The molecule has 0 N–H and O–H groups in total. The maximum atomic E-state index is 6.39. The number of hydrogen-bond donors (Lipinski definition) is 0. The maximum absolute atomic E-state index is 6.39. The fourth-order valence-corrected chi connectivity index (χ4v) is 3.59. The van der Waals surface area contributed by atoms with E-state index in [-0.39, 0.29) is 10.8 Å². The standard InChI is InChI=1S/C15H23Cl2N3/c1-15(2)8-11(7-12(16)9-15)14-13(17)10-18-20(14)6-5-19(3)4/h7,10,12H,5-6,8-9H2,1-4H3. The van der Waals surface area contributed by atoms with Crippen LogP contribution in [-0.4, -0.2) is 40.7 Å². The third-order valence-electron chi connectivity index (χ3n) is 3.66. The highest BCUT2D eigenvalue weighted by molar-refractivity contribution is 6.32. The Morgan fingerprint density at radius 1 is 1.45 bits per heavy atom. The van der Waals surface area contributed by atoms with Crippen LogP contribution in [0.1, 0.15) is 32.4 Å². The summed E-state index contributed by atoms with van der Waals surface area (Å²) in [6.45, 7) is 6.28. The summed E-state index contributed by atoms with van der Waals surface area (Å²) in [5.41, 5.74) is 2.46. The number of rotatable bonds is 4. The number of halogens is 2. The van der Waals surface area contributed by atoms with Crippen molar-refractivity contribution in [3.05, 3.63) is 23.0 Å². The zero-order valence-electron chi connectivity index (χ0n) is 12.7. The second-order valence-corrected chi connectivity index (χ2v) is 7.59. The van der Waals surface area contributed by atoms with Crippen LogP contribution in [0.5, 0.6) is 0 Å². The minimum Gasteiger partial charge on any atom is -0.308 e. The first-order valence-corrected chi connectivity index (χ1v) is 7.81. The molecule has 112 valence electrons. The number of allylic oxidation sites excluding steroid dienone is 2. The van der Waals surface area contributed by atoms with E-state index in [2.05, 4.69) is 44.0 Å². The SMILES string of the molecule is CN(C)CCn1ncc(Cl)c1C1=CC(Cl)CC(C)(C)C1. The molecule has 2 rings (SSSR count). The first-order chi connectivity index (χ1) is 9.28. The van der Waals surface area contributed by atoms with Crippen molar-refractivity contribution >= 4 is 28.8 Å². The number of aromatic nitrogens is 2. The molecule has 0 fully saturated rings. The molecule has 0 amide bonds. The lowest BCUT2D eigenvalue weighted by Crippen LogP contribution is -2.24. The van der Waals surface area contributed by atoms with Gasteiger partial charge in [-0.15, -0.1) is 11.6 Å². The molecule has 1 aromatic heterocycles. The van der Waals surface area contributed by atoms with Gasteiger partial charge in [0, 0.05) is 6.54 Å². The summed E-state index contributed by atoms with van der Waals surface area (Å²) in [6.07, 6.45) is 5.87. The lowest BCUT2D eigenvalue weighted by molar-refractivity contribution is 0.337. The maximum Gasteiger partial charge on any atom is 0.0862 e. The molecule has 5 heteroatoms. The van der Waals surface area contributed by atoms with E-state index in [1.165, 1.54) is 5.57 Å². The molecule has 20 heavy (non-hydrogen) atoms. The van der Waals surface area contributed by atoms with Gasteiger partial charge in [-0.25, -0.2) is 0 Å². The third-order valence-corrected chi connectivity index (χ3v) is 4.21. The second kappa shape index (κ2) is 6.08. The lowest BCUT2D eigenvalue weighted by atomic mass is 9.76. The van der Waals surface area contributed by atoms with E-state index in [4.69, 9.17) is 23.2 Å². The Kier molecular flexibility index (Phi) is 4.83. The molecule has 1 heterocycles. The van der Waals surface area contributed by atoms with Gasteiger partial charge < -0.3 is 4.90 Å². The van der Waals surface area contributed by atoms with Crippen molar-refractivity contribution in [1.82, 2.24) is 14.7 Å². The van der Waals surface area contributed by atoms with Crippen molar-refractivity contribution < 1.29 is 0 Å². The van der Waals surface area contributed by atoms with E-state index < -0.39 is 0 Å². The zero-order valence-corrected chi connectivity index (χ0v) is 14.2. The average molecular weight is 316 g/mol. The van der Waals surface area contributed by atoms with Gasteiger partial charge in [-0.2, -0.15) is 5.10 Å². The van der Waals surface area contributed by atoms with E-state index >= 15 is 0 Å². The Hall–Kier alpha value is -0.510. The molecule has 0 radical (unpaired) electrons. The van der Waals surface area contributed by atoms with Crippen molar-refractivity contribution in [2.45, 2.75) is 38.6 Å². The van der Waals surface area contributed by atoms with Gasteiger partial charge in [-0.3, -0.25) is 4.68 Å². The summed E-state index contributed by atoms with van der Waals surface area (Å²) in [5, 5.41) is 5.20. The molecule has 1 aliphatic carbocycles. The monoisotopic (exact) mass is 315 g/mol. The van der Waals surface area contributed by atoms with Crippen LogP contribution in [0.15, 0.2) is 12.3 Å². The molecule has 1 atom stereocenters. The van der Waals surface area contributed by atoms with Crippen molar-refractivity contribution in [2.24, 2.45) is 5.41 Å². The van der Waals surface area contributed by atoms with Crippen LogP contribution in [0.25, 0.3) is 5.57 Å². The highest BCUT2D eigenvalue weighted by Gasteiger charge is 2.30. The number of hydrogen-bond acceptors (Lipinski definition) is 2. The van der Waals surface area contributed by atoms with Gasteiger partial charge in [0.15, 0.2) is 0 Å². The van der Waals surface area contributed by atoms with Crippen molar-refractivity contribution in [3.8, 4) is 0 Å². The first kappa shape index (κ1) is 15.9. The Morgan fingerprint density at radius 3 is 2.75 bits per heavy atom. The molecule has 0 aromatic carbocycles. The van der Waals surface area contributed by atoms with Crippen LogP contribution in [-0.2, 0) is 6.54 Å². The van der Waals surface area contributed by atoms with E-state index in [1.807, 2.05) is 4.68 Å². The largest absolute Gasteiger partial charge is 0.308 e. The molecule has 1 aromatic rings. The van der Waals surface area contributed by atoms with E-state index in [0.29, 0.717) is 0 Å². The van der Waals surface area contributed by atoms with Crippen molar-refractivity contribution in [2.75, 3.05) is 20.6 Å². The fourth-order valence-electron chi connectivity index (χ4n) is 2.76. The number of likely N-dealkylation sites (N-methyl/N-ethyl adjacent to an activating group) is 1. The minimum atomic E-state index is 0.0713. The van der Waals surface area contributed by atoms with Crippen LogP contribution in [0, 0.1) is 5.41 Å². The smallest absolute Gasteiger partial charge is 0.0862 e. The van der Waals surface area contributed by atoms with Gasteiger partial charge in [0.1, 0.15) is 0 Å². The van der Waals surface area contributed by atoms with Gasteiger partial charge in [0.2, 0.25) is 0 Å². The van der Waals surface area contributed by atoms with Gasteiger partial charge >= 0.3 is 0 Å². The Labute approximate surface area is 131 Å². The van der Waals surface area contributed by atoms with E-state index in [1.54, 1.807) is 6.20 Å². The molecular formula is C15H23Cl2N3. The highest BCUT2D eigenvalue weighted by Crippen LogP contribution is 2.42. The summed E-state index contributed by atoms with van der Waals surface area (Å²) in [4.78, 5) is 2.14. The van der Waals surface area contributed by atoms with Crippen LogP contribution >= 0.6 is 23.2 Å². The Balaban J connectivity index is 2.30. The molecule has 0 aliphatic heterocycles. The topological polar surface area (TPSA) is 21.1 Å². The van der Waals surface area contributed by atoms with Crippen molar-refractivity contribution in [1.29, 1.82) is 0 Å². The molecule has 0 saturated heterocycles. The number of nitrogens with zero attached hydrogens (tertiary/aromatic N) is 3. The molecule has 1 unspecified atom stereocenters. The van der Waals surface area contributed by atoms with Crippen LogP contribution in [0.4, 0.5) is 0 Å². The molecule has 0 bridgehead atoms. The quantitative estimate of drug-likeness (QED) is 0.785. The minimum absolute atomic E-state index is 0.0713. The first-order valence-electron chi connectivity index (χ1n) is 7.00. The molecule has 0 spiro atoms. The summed E-state index contributed by atoms with van der Waals surface area (Å²) in [7, 11) is 4.12. The van der Waals surface area contributed by atoms with Gasteiger partial charge in [-0.05, 0) is 37.9 Å². The number of alkyl halides is 1.